The molecule has 7 nitrogen and oxygen atoms in total. The predicted molar refractivity (Wildman–Crippen MR) is 101 cm³/mol. The molecule has 2 aliphatic rings. The average molecular weight is 385 g/mol. The highest BCUT2D eigenvalue weighted by molar-refractivity contribution is 7.22. The number of nitrogens with zero attached hydrogens (tertiary/aromatic N) is 2. The van der Waals surface area contributed by atoms with Gasteiger partial charge < -0.3 is 10.1 Å². The lowest BCUT2D eigenvalue weighted by Crippen LogP contribution is -2.46. The lowest BCUT2D eigenvalue weighted by atomic mass is 9.85. The Labute approximate surface area is 160 Å². The van der Waals surface area contributed by atoms with Crippen molar-refractivity contribution in [1.29, 1.82) is 0 Å². The van der Waals surface area contributed by atoms with Crippen molar-refractivity contribution in [3.8, 4) is 5.75 Å². The van der Waals surface area contributed by atoms with E-state index in [1.54, 1.807) is 20.1 Å². The second kappa shape index (κ2) is 6.77. The summed E-state index contributed by atoms with van der Waals surface area (Å²) in [5, 5.41) is 3.16. The highest BCUT2D eigenvalue weighted by Crippen LogP contribution is 2.36. The van der Waals surface area contributed by atoms with E-state index in [0.29, 0.717) is 23.7 Å². The van der Waals surface area contributed by atoms with E-state index in [1.165, 1.54) is 11.3 Å². The van der Waals surface area contributed by atoms with Crippen LogP contribution in [0.5, 0.6) is 5.75 Å². The number of nitrogens with one attached hydrogen (secondary N) is 1. The lowest BCUT2D eigenvalue weighted by Gasteiger charge is -2.21. The number of methoxy groups -OCH3 is 1. The molecule has 8 heteroatoms. The number of hydrogen-bond donors (Lipinski definition) is 1. The topological polar surface area (TPSA) is 88.6 Å². The first-order valence-electron chi connectivity index (χ1n) is 8.77. The van der Waals surface area contributed by atoms with Gasteiger partial charge in [0.2, 0.25) is 17.7 Å². The normalized spacial score (nSPS) is 22.8. The Morgan fingerprint density at radius 3 is 2.56 bits per heavy atom. The summed E-state index contributed by atoms with van der Waals surface area (Å²) in [6.07, 6.45) is 4.96. The molecule has 4 rings (SSSR count). The molecule has 1 fully saturated rings. The van der Waals surface area contributed by atoms with Crippen LogP contribution in [0.1, 0.15) is 19.8 Å². The van der Waals surface area contributed by atoms with Crippen molar-refractivity contribution in [2.24, 2.45) is 11.8 Å². The van der Waals surface area contributed by atoms with Gasteiger partial charge in [-0.25, -0.2) is 4.98 Å². The molecule has 2 aromatic rings. The van der Waals surface area contributed by atoms with Crippen LogP contribution in [-0.4, -0.2) is 40.8 Å². The van der Waals surface area contributed by atoms with Crippen molar-refractivity contribution in [2.75, 3.05) is 12.4 Å². The third-order valence-electron chi connectivity index (χ3n) is 5.13. The molecule has 140 valence electrons. The van der Waals surface area contributed by atoms with Crippen molar-refractivity contribution in [3.05, 3.63) is 30.4 Å². The minimum absolute atomic E-state index is 0.258. The fourth-order valence-electron chi connectivity index (χ4n) is 3.62. The van der Waals surface area contributed by atoms with E-state index in [0.717, 1.165) is 15.1 Å². The van der Waals surface area contributed by atoms with Gasteiger partial charge in [-0.3, -0.25) is 19.3 Å². The van der Waals surface area contributed by atoms with E-state index < -0.39 is 11.9 Å². The number of fused-ring (bicyclic) bond motifs is 2. The molecule has 3 atom stereocenters. The van der Waals surface area contributed by atoms with Crippen molar-refractivity contribution >= 4 is 44.4 Å². The van der Waals surface area contributed by atoms with Gasteiger partial charge in [0.05, 0.1) is 29.2 Å². The Bertz CT molecular complexity index is 941. The molecule has 2 heterocycles. The molecule has 0 radical (unpaired) electrons. The van der Waals surface area contributed by atoms with Crippen molar-refractivity contribution in [2.45, 2.75) is 25.8 Å². The fourth-order valence-corrected chi connectivity index (χ4v) is 4.52. The van der Waals surface area contributed by atoms with E-state index in [1.807, 2.05) is 24.3 Å². The number of rotatable bonds is 4. The zero-order valence-electron chi connectivity index (χ0n) is 15.0. The van der Waals surface area contributed by atoms with Crippen LogP contribution in [-0.2, 0) is 14.4 Å². The highest BCUT2D eigenvalue weighted by Gasteiger charge is 2.50. The Balaban J connectivity index is 1.51. The molecule has 0 spiro atoms. The van der Waals surface area contributed by atoms with E-state index in [9.17, 15) is 14.4 Å². The first-order chi connectivity index (χ1) is 13.0. The Morgan fingerprint density at radius 2 is 1.93 bits per heavy atom. The summed E-state index contributed by atoms with van der Waals surface area (Å²) >= 11 is 1.32. The van der Waals surface area contributed by atoms with Gasteiger partial charge >= 0.3 is 0 Å². The molecule has 1 aliphatic heterocycles. The molecule has 0 bridgehead atoms. The van der Waals surface area contributed by atoms with E-state index in [-0.39, 0.29) is 23.7 Å². The molecule has 1 aliphatic carbocycles. The minimum Gasteiger partial charge on any atom is -0.497 e. The van der Waals surface area contributed by atoms with Crippen molar-refractivity contribution in [1.82, 2.24) is 9.88 Å². The van der Waals surface area contributed by atoms with Gasteiger partial charge in [0, 0.05) is 0 Å². The number of aromatic nitrogens is 1. The van der Waals surface area contributed by atoms with Crippen LogP contribution in [0.3, 0.4) is 0 Å². The monoisotopic (exact) mass is 385 g/mol. The predicted octanol–water partition coefficient (Wildman–Crippen LogP) is 2.58. The van der Waals surface area contributed by atoms with Crippen LogP contribution in [0.2, 0.25) is 0 Å². The molecule has 1 aromatic carbocycles. The first kappa shape index (κ1) is 17.7. The highest BCUT2D eigenvalue weighted by atomic mass is 32.1. The fraction of sp³-hybridized carbons (Fsp3) is 0.368. The summed E-state index contributed by atoms with van der Waals surface area (Å²) in [7, 11) is 1.59. The van der Waals surface area contributed by atoms with E-state index in [2.05, 4.69) is 10.3 Å². The molecule has 0 saturated carbocycles. The summed E-state index contributed by atoms with van der Waals surface area (Å²) in [4.78, 5) is 43.4. The lowest BCUT2D eigenvalue weighted by molar-refractivity contribution is -0.146. The number of carbonyl (C=O) groups is 3. The number of thiazole rings is 1. The van der Waals surface area contributed by atoms with Crippen LogP contribution < -0.4 is 10.1 Å². The maximum atomic E-state index is 12.7. The standard InChI is InChI=1S/C19H19N3O4S/c1-10(22-17(24)12-5-3-4-6-13(12)18(22)25)16(23)21-19-20-14-8-7-11(26-2)9-15(14)27-19/h3-4,7-10,12-13H,5-6H2,1-2H3,(H,20,21,23)/t10-,12-,13+/m0/s1. The summed E-state index contributed by atoms with van der Waals surface area (Å²) < 4.78 is 6.07. The van der Waals surface area contributed by atoms with Crippen LogP contribution >= 0.6 is 11.3 Å². The Kier molecular flexibility index (Phi) is 4.43. The number of amides is 3. The van der Waals surface area contributed by atoms with Crippen molar-refractivity contribution in [3.63, 3.8) is 0 Å². The second-order valence-electron chi connectivity index (χ2n) is 6.72. The number of carbonyl (C=O) groups excluding carboxylic acids is 3. The molecule has 1 saturated heterocycles. The smallest absolute Gasteiger partial charge is 0.249 e. The largest absolute Gasteiger partial charge is 0.497 e. The summed E-state index contributed by atoms with van der Waals surface area (Å²) in [6.45, 7) is 1.58. The molecule has 0 unspecified atom stereocenters. The van der Waals surface area contributed by atoms with Crippen LogP contribution in [0.15, 0.2) is 30.4 Å². The first-order valence-corrected chi connectivity index (χ1v) is 9.58. The average Bonchev–Trinajstić information content (AvgIpc) is 3.19. The minimum atomic E-state index is -0.878. The zero-order valence-corrected chi connectivity index (χ0v) is 15.8. The number of likely N-dealkylation sites (tertiary alicyclic amines) is 1. The van der Waals surface area contributed by atoms with Crippen molar-refractivity contribution < 1.29 is 19.1 Å². The zero-order chi connectivity index (χ0) is 19.1. The van der Waals surface area contributed by atoms with Gasteiger partial charge in [-0.15, -0.1) is 0 Å². The number of imide groups is 1. The van der Waals surface area contributed by atoms with Gasteiger partial charge in [-0.05, 0) is 38.0 Å². The van der Waals surface area contributed by atoms with Crippen LogP contribution in [0.4, 0.5) is 5.13 Å². The van der Waals surface area contributed by atoms with E-state index >= 15 is 0 Å². The maximum Gasteiger partial charge on any atom is 0.249 e. The maximum absolute atomic E-state index is 12.7. The summed E-state index contributed by atoms with van der Waals surface area (Å²) in [5.74, 6) is -0.909. The van der Waals surface area contributed by atoms with Crippen LogP contribution in [0, 0.1) is 11.8 Å². The number of anilines is 1. The van der Waals surface area contributed by atoms with Gasteiger partial charge in [-0.2, -0.15) is 0 Å². The molecular weight excluding hydrogens is 366 g/mol. The number of allylic oxidation sites excluding steroid dienone is 2. The van der Waals surface area contributed by atoms with Gasteiger partial charge in [0.1, 0.15) is 11.8 Å². The number of ether oxygens (including phenoxy) is 1. The van der Waals surface area contributed by atoms with Gasteiger partial charge in [-0.1, -0.05) is 23.5 Å². The quantitative estimate of drug-likeness (QED) is 0.646. The molecule has 1 N–H and O–H groups in total. The van der Waals surface area contributed by atoms with Crippen LogP contribution in [0.25, 0.3) is 10.2 Å². The summed E-state index contributed by atoms with van der Waals surface area (Å²) in [6, 6.07) is 4.58. The number of hydrogen-bond acceptors (Lipinski definition) is 6. The van der Waals surface area contributed by atoms with Gasteiger partial charge in [0.25, 0.3) is 0 Å². The second-order valence-corrected chi connectivity index (χ2v) is 7.75. The molecular formula is C19H19N3O4S. The van der Waals surface area contributed by atoms with Gasteiger partial charge in [0.15, 0.2) is 5.13 Å². The van der Waals surface area contributed by atoms with E-state index in [4.69, 9.17) is 4.74 Å². The Morgan fingerprint density at radius 1 is 1.26 bits per heavy atom. The molecule has 27 heavy (non-hydrogen) atoms. The third-order valence-corrected chi connectivity index (χ3v) is 6.07. The molecule has 3 amide bonds. The number of benzene rings is 1. The third kappa shape index (κ3) is 2.99. The summed E-state index contributed by atoms with van der Waals surface area (Å²) in [5.41, 5.74) is 0.745. The molecule has 1 aromatic heterocycles. The SMILES string of the molecule is COc1ccc2nc(NC(=O)[C@H](C)N3C(=O)[C@H]4CC=CC[C@H]4C3=O)sc2c1. The Hall–Kier alpha value is -2.74.